The van der Waals surface area contributed by atoms with Crippen LogP contribution >= 0.6 is 11.6 Å². The first-order valence-corrected chi connectivity index (χ1v) is 8.70. The van der Waals surface area contributed by atoms with Gasteiger partial charge in [-0.05, 0) is 61.7 Å². The number of rotatable bonds is 8. The van der Waals surface area contributed by atoms with Gasteiger partial charge < -0.3 is 10.4 Å². The van der Waals surface area contributed by atoms with Crippen molar-refractivity contribution in [2.24, 2.45) is 0 Å². The minimum Gasteiger partial charge on any atom is -0.385 e. The summed E-state index contributed by atoms with van der Waals surface area (Å²) in [6.45, 7) is 5.90. The number of hydrogen-bond acceptors (Lipinski definition) is 2. The fourth-order valence-electron chi connectivity index (χ4n) is 2.57. The lowest BCUT2D eigenvalue weighted by Crippen LogP contribution is -2.28. The Labute approximate surface area is 144 Å². The first-order valence-electron chi connectivity index (χ1n) is 8.32. The fraction of sp³-hybridized carbons (Fsp3) is 0.400. The minimum absolute atomic E-state index is 0.705. The Morgan fingerprint density at radius 3 is 2.09 bits per heavy atom. The van der Waals surface area contributed by atoms with E-state index in [1.807, 2.05) is 43.3 Å². The molecule has 0 aromatic heterocycles. The number of hydrogen-bond donors (Lipinski definition) is 2. The van der Waals surface area contributed by atoms with Crippen molar-refractivity contribution >= 4 is 11.6 Å². The Kier molecular flexibility index (Phi) is 6.64. The summed E-state index contributed by atoms with van der Waals surface area (Å²) in [6, 6.07) is 15.9. The number of nitrogens with one attached hydrogen (secondary N) is 1. The maximum atomic E-state index is 10.7. The van der Waals surface area contributed by atoms with Crippen LogP contribution in [0.25, 0.3) is 11.1 Å². The van der Waals surface area contributed by atoms with E-state index in [9.17, 15) is 5.11 Å². The zero-order chi connectivity index (χ0) is 16.7. The number of halogens is 1. The van der Waals surface area contributed by atoms with E-state index in [2.05, 4.69) is 24.4 Å². The molecule has 0 fully saturated rings. The van der Waals surface area contributed by atoms with E-state index in [4.69, 9.17) is 11.6 Å². The van der Waals surface area contributed by atoms with Gasteiger partial charge in [-0.15, -0.1) is 0 Å². The van der Waals surface area contributed by atoms with Crippen molar-refractivity contribution in [1.29, 1.82) is 0 Å². The molecule has 0 saturated heterocycles. The number of unbranched alkanes of at least 4 members (excludes halogenated alkanes) is 1. The minimum atomic E-state index is -0.808. The van der Waals surface area contributed by atoms with Crippen molar-refractivity contribution < 1.29 is 5.11 Å². The largest absolute Gasteiger partial charge is 0.385 e. The van der Waals surface area contributed by atoms with Gasteiger partial charge in [0.25, 0.3) is 0 Å². The van der Waals surface area contributed by atoms with Crippen LogP contribution in [0.15, 0.2) is 48.5 Å². The van der Waals surface area contributed by atoms with Gasteiger partial charge in [0.2, 0.25) is 0 Å². The average Bonchev–Trinajstić information content (AvgIpc) is 2.55. The van der Waals surface area contributed by atoms with Crippen LogP contribution in [-0.2, 0) is 5.60 Å². The molecule has 0 aliphatic heterocycles. The van der Waals surface area contributed by atoms with Crippen molar-refractivity contribution in [3.63, 3.8) is 0 Å². The van der Waals surface area contributed by atoms with Crippen molar-refractivity contribution in [3.05, 3.63) is 59.1 Å². The highest BCUT2D eigenvalue weighted by atomic mass is 35.5. The zero-order valence-corrected chi connectivity index (χ0v) is 14.7. The number of aliphatic hydroxyl groups is 1. The summed E-state index contributed by atoms with van der Waals surface area (Å²) in [6.07, 6.45) is 3.07. The molecule has 0 aliphatic rings. The molecule has 1 atom stereocenters. The molecule has 2 N–H and O–H groups in total. The van der Waals surface area contributed by atoms with Gasteiger partial charge in [0.1, 0.15) is 0 Å². The molecule has 2 rings (SSSR count). The van der Waals surface area contributed by atoms with E-state index < -0.39 is 5.60 Å². The second kappa shape index (κ2) is 8.49. The first kappa shape index (κ1) is 18.0. The SMILES string of the molecule is CCCCNCCC(C)(O)c1ccc(-c2ccc(Cl)cc2)cc1. The standard InChI is InChI=1S/C20H26ClNO/c1-3-4-14-22-15-13-20(2,23)18-9-5-16(6-10-18)17-7-11-19(21)12-8-17/h5-12,22-23H,3-4,13-15H2,1-2H3. The predicted octanol–water partition coefficient (Wildman–Crippen LogP) is 4.99. The molecule has 0 heterocycles. The third-order valence-corrected chi connectivity index (χ3v) is 4.43. The van der Waals surface area contributed by atoms with Gasteiger partial charge in [0.15, 0.2) is 0 Å². The maximum Gasteiger partial charge on any atom is 0.0880 e. The van der Waals surface area contributed by atoms with E-state index in [0.717, 1.165) is 34.8 Å². The molecular weight excluding hydrogens is 306 g/mol. The highest BCUT2D eigenvalue weighted by molar-refractivity contribution is 6.30. The van der Waals surface area contributed by atoms with Gasteiger partial charge in [0, 0.05) is 5.02 Å². The Morgan fingerprint density at radius 2 is 1.52 bits per heavy atom. The van der Waals surface area contributed by atoms with E-state index >= 15 is 0 Å². The zero-order valence-electron chi connectivity index (χ0n) is 14.0. The van der Waals surface area contributed by atoms with Crippen molar-refractivity contribution in [2.75, 3.05) is 13.1 Å². The Hall–Kier alpha value is -1.35. The van der Waals surface area contributed by atoms with Crippen LogP contribution in [0.2, 0.25) is 5.02 Å². The summed E-state index contributed by atoms with van der Waals surface area (Å²) in [5.74, 6) is 0. The third-order valence-electron chi connectivity index (χ3n) is 4.18. The summed E-state index contributed by atoms with van der Waals surface area (Å²) in [5.41, 5.74) is 2.40. The third kappa shape index (κ3) is 5.35. The highest BCUT2D eigenvalue weighted by Gasteiger charge is 2.22. The van der Waals surface area contributed by atoms with Crippen LogP contribution in [0.3, 0.4) is 0 Å². The van der Waals surface area contributed by atoms with Gasteiger partial charge in [-0.1, -0.05) is 61.3 Å². The fourth-order valence-corrected chi connectivity index (χ4v) is 2.69. The summed E-state index contributed by atoms with van der Waals surface area (Å²) < 4.78 is 0. The van der Waals surface area contributed by atoms with Crippen LogP contribution in [0.1, 0.15) is 38.7 Å². The maximum absolute atomic E-state index is 10.7. The van der Waals surface area contributed by atoms with E-state index in [1.54, 1.807) is 0 Å². The van der Waals surface area contributed by atoms with Gasteiger partial charge in [-0.25, -0.2) is 0 Å². The molecule has 3 heteroatoms. The molecule has 124 valence electrons. The molecule has 2 nitrogen and oxygen atoms in total. The van der Waals surface area contributed by atoms with Gasteiger partial charge in [-0.3, -0.25) is 0 Å². The van der Waals surface area contributed by atoms with Crippen LogP contribution in [0, 0.1) is 0 Å². The van der Waals surface area contributed by atoms with Gasteiger partial charge >= 0.3 is 0 Å². The molecule has 2 aromatic carbocycles. The quantitative estimate of drug-likeness (QED) is 0.667. The smallest absolute Gasteiger partial charge is 0.0880 e. The topological polar surface area (TPSA) is 32.3 Å². The molecule has 0 bridgehead atoms. The monoisotopic (exact) mass is 331 g/mol. The average molecular weight is 332 g/mol. The normalized spacial score (nSPS) is 13.7. The van der Waals surface area contributed by atoms with Crippen LogP contribution in [0.4, 0.5) is 0 Å². The van der Waals surface area contributed by atoms with E-state index in [1.165, 1.54) is 12.8 Å². The molecule has 1 unspecified atom stereocenters. The second-order valence-electron chi connectivity index (χ2n) is 6.21. The van der Waals surface area contributed by atoms with Crippen molar-refractivity contribution in [2.45, 2.75) is 38.7 Å². The highest BCUT2D eigenvalue weighted by Crippen LogP contribution is 2.27. The van der Waals surface area contributed by atoms with Crippen LogP contribution in [-0.4, -0.2) is 18.2 Å². The van der Waals surface area contributed by atoms with Crippen molar-refractivity contribution in [3.8, 4) is 11.1 Å². The Morgan fingerprint density at radius 1 is 0.957 bits per heavy atom. The molecule has 0 aliphatic carbocycles. The molecular formula is C20H26ClNO. The Bertz CT molecular complexity index is 590. The summed E-state index contributed by atoms with van der Waals surface area (Å²) >= 11 is 5.93. The summed E-state index contributed by atoms with van der Waals surface area (Å²) in [5, 5.41) is 14.8. The lowest BCUT2D eigenvalue weighted by molar-refractivity contribution is 0.0480. The van der Waals surface area contributed by atoms with E-state index in [0.29, 0.717) is 6.42 Å². The van der Waals surface area contributed by atoms with Crippen molar-refractivity contribution in [1.82, 2.24) is 5.32 Å². The van der Waals surface area contributed by atoms with Crippen LogP contribution in [0.5, 0.6) is 0 Å². The molecule has 0 amide bonds. The predicted molar refractivity (Wildman–Crippen MR) is 98.9 cm³/mol. The number of benzene rings is 2. The summed E-state index contributed by atoms with van der Waals surface area (Å²) in [7, 11) is 0. The lowest BCUT2D eigenvalue weighted by Gasteiger charge is -2.24. The lowest BCUT2D eigenvalue weighted by atomic mass is 9.91. The van der Waals surface area contributed by atoms with Crippen LogP contribution < -0.4 is 5.32 Å². The Balaban J connectivity index is 1.98. The second-order valence-corrected chi connectivity index (χ2v) is 6.65. The van der Waals surface area contributed by atoms with E-state index in [-0.39, 0.29) is 0 Å². The summed E-state index contributed by atoms with van der Waals surface area (Å²) in [4.78, 5) is 0. The molecule has 2 aromatic rings. The first-order chi connectivity index (χ1) is 11.0. The molecule has 0 radical (unpaired) electrons. The van der Waals surface area contributed by atoms with Gasteiger partial charge in [0.05, 0.1) is 5.60 Å². The molecule has 23 heavy (non-hydrogen) atoms. The molecule has 0 saturated carbocycles. The van der Waals surface area contributed by atoms with Gasteiger partial charge in [-0.2, -0.15) is 0 Å². The molecule has 0 spiro atoms.